The van der Waals surface area contributed by atoms with Crippen molar-refractivity contribution in [3.63, 3.8) is 0 Å². The lowest BCUT2D eigenvalue weighted by atomic mass is 9.86. The number of nitrogens with two attached hydrogens (primary N) is 1. The van der Waals surface area contributed by atoms with Crippen molar-refractivity contribution in [1.29, 1.82) is 0 Å². The molecule has 8 aromatic carbocycles. The molecule has 0 bridgehead atoms. The van der Waals surface area contributed by atoms with E-state index in [1.165, 1.54) is 180 Å². The van der Waals surface area contributed by atoms with E-state index in [4.69, 9.17) is 81.5 Å². The van der Waals surface area contributed by atoms with Crippen molar-refractivity contribution in [2.45, 2.75) is 373 Å². The molecule has 143 heavy (non-hydrogen) atoms. The fourth-order valence-corrected chi connectivity index (χ4v) is 16.6. The van der Waals surface area contributed by atoms with Crippen LogP contribution in [-0.4, -0.2) is 110 Å². The first kappa shape index (κ1) is 122. The van der Waals surface area contributed by atoms with Crippen LogP contribution in [-0.2, 0) is 0 Å². The standard InChI is InChI=1S/C17H27NO2.C17H26O2.C17H28O2.C16H24O2.C16H26O2.C15H22O2.C14H20O2.C14H22O2/c18-11-12-19-16-9-6-10-17(13-16)20-14-15-7-4-2-1-3-5-8-15;1-3-14(2)19-17-11-7-10-16(12-17)18-13-15-8-5-4-6-9-15;1-5-9-15(7-3)13-18-16-10-8-11-17(12-16)19-14(4)6-2;1-3-13(2)18-16-10-6-9-15(11-16)17-12-14-7-4-5-8-14;1-5-13(4)18-16-10-8-9-15(11-16)17-12-14(6-2)7-3;1-2-10-16-14-8-5-9-15(11-14)17-12-13-6-3-4-7-13;1-2-9-15-13-7-4-8-14(10-13)16-11-12-5-3-6-12;1-4-9-15-13-6-5-7-14(11-13)16-10-8-12(2)3/h6,9-10,13,15H,1-5,7-8,11-12,14,18H2;7,10-12,14-15H,3-6,8-9,13H2,1-2H3;8,10-12,14-15H,5-7,9,13H2,1-4H3;6,9-11,13-14H,3-5,7-8,12H2,1-2H3;8-11,13-14H,5-7,12H2,1-4H3;5,8-9,11,13H,2-4,6-7,10,12H2,1H3;4,7-8,10,12H,2-3,5-6,9,11H2,1H3;5-7,11-12H,4,8-10H2,1-3H3/t;14-;14-,15?;2*13-;;;/m.0000.../s1. The van der Waals surface area contributed by atoms with Crippen LogP contribution < -0.4 is 81.5 Å². The van der Waals surface area contributed by atoms with Gasteiger partial charge in [0, 0.05) is 55.1 Å². The second kappa shape index (κ2) is 77.9. The van der Waals surface area contributed by atoms with E-state index < -0.39 is 0 Å². The van der Waals surface area contributed by atoms with Crippen molar-refractivity contribution >= 4 is 0 Å². The first-order valence-electron chi connectivity index (χ1n) is 56.5. The van der Waals surface area contributed by atoms with E-state index in [2.05, 4.69) is 118 Å². The number of hydrogen-bond donors (Lipinski definition) is 1. The molecule has 8 aromatic rings. The van der Waals surface area contributed by atoms with Crippen LogP contribution in [0.2, 0.25) is 0 Å². The summed E-state index contributed by atoms with van der Waals surface area (Å²) in [6.07, 6.45) is 46.3. The fourth-order valence-electron chi connectivity index (χ4n) is 16.6. The molecule has 5 fully saturated rings. The van der Waals surface area contributed by atoms with E-state index >= 15 is 0 Å². The number of rotatable bonds is 54. The van der Waals surface area contributed by atoms with E-state index in [0.29, 0.717) is 36.8 Å². The molecule has 5 aliphatic rings. The molecule has 17 heteroatoms. The summed E-state index contributed by atoms with van der Waals surface area (Å²) in [6.45, 7) is 46.5. The normalized spacial score (nSPS) is 15.3. The zero-order valence-corrected chi connectivity index (χ0v) is 92.2. The Morgan fingerprint density at radius 3 is 0.657 bits per heavy atom. The van der Waals surface area contributed by atoms with Gasteiger partial charge in [-0.1, -0.05) is 248 Å². The van der Waals surface area contributed by atoms with E-state index in [9.17, 15) is 0 Å². The predicted molar refractivity (Wildman–Crippen MR) is 595 cm³/mol. The number of benzene rings is 8. The highest BCUT2D eigenvalue weighted by molar-refractivity contribution is 5.39. The summed E-state index contributed by atoms with van der Waals surface area (Å²) in [5.74, 6) is 20.3. The van der Waals surface area contributed by atoms with E-state index in [0.717, 1.165) is 240 Å². The molecular formula is C126H195NO16. The summed E-state index contributed by atoms with van der Waals surface area (Å²) < 4.78 is 92.1. The molecule has 800 valence electrons. The van der Waals surface area contributed by atoms with Crippen molar-refractivity contribution < 1.29 is 75.8 Å². The zero-order valence-electron chi connectivity index (χ0n) is 92.2. The molecule has 2 N–H and O–H groups in total. The summed E-state index contributed by atoms with van der Waals surface area (Å²) in [6, 6.07) is 63.6. The Morgan fingerprint density at radius 1 is 0.217 bits per heavy atom. The molecule has 13 rings (SSSR count). The summed E-state index contributed by atoms with van der Waals surface area (Å²) >= 11 is 0. The molecule has 1 unspecified atom stereocenters. The van der Waals surface area contributed by atoms with Gasteiger partial charge in [-0.2, -0.15) is 0 Å². The van der Waals surface area contributed by atoms with E-state index in [1.54, 1.807) is 0 Å². The van der Waals surface area contributed by atoms with Gasteiger partial charge in [0.15, 0.2) is 0 Å². The van der Waals surface area contributed by atoms with Gasteiger partial charge in [0.25, 0.3) is 0 Å². The van der Waals surface area contributed by atoms with Crippen molar-refractivity contribution in [3.05, 3.63) is 194 Å². The van der Waals surface area contributed by atoms with Crippen LogP contribution in [0.5, 0.6) is 92.0 Å². The smallest absolute Gasteiger partial charge is 0.123 e. The maximum absolute atomic E-state index is 5.95. The highest BCUT2D eigenvalue weighted by Crippen LogP contribution is 2.35. The van der Waals surface area contributed by atoms with Crippen molar-refractivity contribution in [3.8, 4) is 92.0 Å². The quantitative estimate of drug-likeness (QED) is 0.0381. The highest BCUT2D eigenvalue weighted by Gasteiger charge is 2.22. The molecule has 0 spiro atoms. The molecule has 0 aliphatic heterocycles. The zero-order chi connectivity index (χ0) is 103. The SMILES string of the molecule is CCC(CC)COc1cccc(O[C@@H](C)CC)c1.CCCC(CC)COc1cccc(O[C@@H](C)CC)c1.CCCOc1cccc(OCC2CCC2)c1.CCCOc1cccc(OCC2CCCC2)c1.CCCOc1cccc(OCCC(C)C)c1.CC[C@H](C)Oc1cccc(OCC2CCCC2)c1.CC[C@H](C)Oc1cccc(OCC2CCCCC2)c1.NCCOc1cccc(OCC2CCCCCCC2)c1. The monoisotopic (exact) mass is 1980 g/mol. The minimum Gasteiger partial charge on any atom is -0.493 e. The van der Waals surface area contributed by atoms with E-state index in [1.807, 2.05) is 194 Å². The second-order valence-electron chi connectivity index (χ2n) is 40.1. The van der Waals surface area contributed by atoms with Crippen molar-refractivity contribution in [2.24, 2.45) is 53.1 Å². The van der Waals surface area contributed by atoms with Gasteiger partial charge in [0.05, 0.1) is 97.1 Å². The molecule has 0 aromatic heterocycles. The van der Waals surface area contributed by atoms with Gasteiger partial charge in [-0.15, -0.1) is 0 Å². The van der Waals surface area contributed by atoms with Crippen LogP contribution >= 0.6 is 0 Å². The third-order valence-electron chi connectivity index (χ3n) is 26.8. The second-order valence-corrected chi connectivity index (χ2v) is 40.1. The molecule has 5 saturated carbocycles. The summed E-state index contributed by atoms with van der Waals surface area (Å²) in [4.78, 5) is 0. The summed E-state index contributed by atoms with van der Waals surface area (Å²) in [5, 5.41) is 0. The van der Waals surface area contributed by atoms with Crippen LogP contribution in [0.15, 0.2) is 194 Å². The molecule has 0 saturated heterocycles. The fraction of sp³-hybridized carbons (Fsp3) is 0.619. The van der Waals surface area contributed by atoms with Gasteiger partial charge in [0.2, 0.25) is 0 Å². The number of hydrogen-bond acceptors (Lipinski definition) is 17. The van der Waals surface area contributed by atoms with Crippen LogP contribution in [0.4, 0.5) is 0 Å². The lowest BCUT2D eigenvalue weighted by Gasteiger charge is -2.25. The Bertz CT molecular complexity index is 4250. The lowest BCUT2D eigenvalue weighted by molar-refractivity contribution is 0.180. The molecule has 0 amide bonds. The molecule has 0 radical (unpaired) electrons. The van der Waals surface area contributed by atoms with Crippen molar-refractivity contribution in [1.82, 2.24) is 0 Å². The Labute approximate surface area is 868 Å². The Balaban J connectivity index is 0.000000250. The van der Waals surface area contributed by atoms with Crippen LogP contribution in [0.3, 0.4) is 0 Å². The lowest BCUT2D eigenvalue weighted by Crippen LogP contribution is -2.19. The first-order valence-corrected chi connectivity index (χ1v) is 56.5. The summed E-state index contributed by atoms with van der Waals surface area (Å²) in [5.41, 5.74) is 5.44. The molecule has 0 heterocycles. The minimum atomic E-state index is 0.249. The molecule has 5 aliphatic carbocycles. The van der Waals surface area contributed by atoms with Gasteiger partial charge < -0.3 is 81.5 Å². The van der Waals surface area contributed by atoms with Crippen LogP contribution in [0.1, 0.15) is 349 Å². The molecular weight excluding hydrogens is 1780 g/mol. The number of ether oxygens (including phenoxy) is 16. The molecule has 5 atom stereocenters. The van der Waals surface area contributed by atoms with E-state index in [-0.39, 0.29) is 24.4 Å². The van der Waals surface area contributed by atoms with Crippen molar-refractivity contribution in [2.75, 3.05) is 85.8 Å². The largest absolute Gasteiger partial charge is 0.493 e. The topological polar surface area (TPSA) is 174 Å². The van der Waals surface area contributed by atoms with Gasteiger partial charge >= 0.3 is 0 Å². The Kier molecular flexibility index (Phi) is 66.6. The maximum atomic E-state index is 5.95. The Morgan fingerprint density at radius 2 is 0.427 bits per heavy atom. The Hall–Kier alpha value is -9.48. The van der Waals surface area contributed by atoms with Gasteiger partial charge in [-0.25, -0.2) is 0 Å². The first-order chi connectivity index (χ1) is 69.8. The van der Waals surface area contributed by atoms with Gasteiger partial charge in [-0.3, -0.25) is 0 Å². The van der Waals surface area contributed by atoms with Gasteiger partial charge in [-0.05, 0) is 294 Å². The maximum Gasteiger partial charge on any atom is 0.123 e. The average Bonchev–Trinajstić information content (AvgIpc) is 1.84. The molecule has 17 nitrogen and oxygen atoms in total. The average molecular weight is 1980 g/mol. The van der Waals surface area contributed by atoms with Crippen LogP contribution in [0, 0.1) is 47.3 Å². The summed E-state index contributed by atoms with van der Waals surface area (Å²) in [7, 11) is 0. The predicted octanol–water partition coefficient (Wildman–Crippen LogP) is 34.4. The third kappa shape index (κ3) is 57.3. The van der Waals surface area contributed by atoms with Gasteiger partial charge in [0.1, 0.15) is 98.6 Å². The minimum absolute atomic E-state index is 0.249. The van der Waals surface area contributed by atoms with Crippen LogP contribution in [0.25, 0.3) is 0 Å². The highest BCUT2D eigenvalue weighted by atomic mass is 16.5. The third-order valence-corrected chi connectivity index (χ3v) is 26.8.